The molecule has 0 radical (unpaired) electrons. The number of nitrogens with zero attached hydrogens (tertiary/aromatic N) is 1. The van der Waals surface area contributed by atoms with Gasteiger partial charge in [0.25, 0.3) is 5.91 Å². The van der Waals surface area contributed by atoms with Crippen molar-refractivity contribution in [1.29, 1.82) is 0 Å². The lowest BCUT2D eigenvalue weighted by Crippen LogP contribution is -2.39. The number of hydrogen-bond acceptors (Lipinski definition) is 5. The third-order valence-corrected chi connectivity index (χ3v) is 4.27. The zero-order chi connectivity index (χ0) is 19.9. The van der Waals surface area contributed by atoms with Crippen LogP contribution in [0.15, 0.2) is 54.6 Å². The maximum absolute atomic E-state index is 12.6. The quantitative estimate of drug-likeness (QED) is 0.566. The molecule has 0 N–H and O–H groups in total. The highest BCUT2D eigenvalue weighted by Gasteiger charge is 2.23. The van der Waals surface area contributed by atoms with Crippen molar-refractivity contribution in [2.45, 2.75) is 20.0 Å². The van der Waals surface area contributed by atoms with Crippen molar-refractivity contribution in [3.05, 3.63) is 60.2 Å². The van der Waals surface area contributed by atoms with Gasteiger partial charge in [-0.25, -0.2) is 4.79 Å². The maximum atomic E-state index is 12.6. The van der Waals surface area contributed by atoms with Crippen LogP contribution in [0, 0.1) is 0 Å². The van der Waals surface area contributed by atoms with E-state index in [9.17, 15) is 9.59 Å². The summed E-state index contributed by atoms with van der Waals surface area (Å²) in [6.45, 7) is 4.96. The zero-order valence-electron chi connectivity index (χ0n) is 16.0. The predicted octanol–water partition coefficient (Wildman–Crippen LogP) is 3.46. The third-order valence-electron chi connectivity index (χ3n) is 4.27. The van der Waals surface area contributed by atoms with E-state index < -0.39 is 12.1 Å². The van der Waals surface area contributed by atoms with Crippen molar-refractivity contribution in [3.8, 4) is 11.5 Å². The summed E-state index contributed by atoms with van der Waals surface area (Å²) < 4.78 is 16.3. The number of anilines is 1. The van der Waals surface area contributed by atoms with Crippen molar-refractivity contribution in [2.75, 3.05) is 24.7 Å². The molecule has 1 amide bonds. The highest BCUT2D eigenvalue weighted by Crippen LogP contribution is 2.31. The molecule has 146 valence electrons. The number of carbonyl (C=O) groups excluding carboxylic acids is 2. The number of para-hydroxylation sites is 1. The Morgan fingerprint density at radius 1 is 1.11 bits per heavy atom. The monoisotopic (exact) mass is 381 g/mol. The van der Waals surface area contributed by atoms with Crippen LogP contribution >= 0.6 is 0 Å². The van der Waals surface area contributed by atoms with Gasteiger partial charge in [-0.1, -0.05) is 24.3 Å². The summed E-state index contributed by atoms with van der Waals surface area (Å²) >= 11 is 0. The first-order valence-electron chi connectivity index (χ1n) is 9.23. The fourth-order valence-electron chi connectivity index (χ4n) is 2.88. The number of rotatable bonds is 6. The van der Waals surface area contributed by atoms with Gasteiger partial charge >= 0.3 is 5.97 Å². The van der Waals surface area contributed by atoms with Gasteiger partial charge in [-0.05, 0) is 49.8 Å². The minimum Gasteiger partial charge on any atom is -0.486 e. The molecule has 2 aromatic carbocycles. The molecule has 0 aliphatic carbocycles. The van der Waals surface area contributed by atoms with Crippen molar-refractivity contribution < 1.29 is 23.8 Å². The van der Waals surface area contributed by atoms with Crippen LogP contribution in [0.4, 0.5) is 5.69 Å². The molecule has 0 aromatic heterocycles. The molecule has 0 bridgehead atoms. The van der Waals surface area contributed by atoms with E-state index in [-0.39, 0.29) is 5.91 Å². The molecular formula is C22H23NO5. The summed E-state index contributed by atoms with van der Waals surface area (Å²) in [7, 11) is 0. The molecule has 1 atom stereocenters. The van der Waals surface area contributed by atoms with E-state index in [4.69, 9.17) is 14.2 Å². The molecule has 0 saturated heterocycles. The second-order valence-electron chi connectivity index (χ2n) is 6.23. The summed E-state index contributed by atoms with van der Waals surface area (Å²) in [5.74, 6) is 0.479. The van der Waals surface area contributed by atoms with Gasteiger partial charge in [-0.15, -0.1) is 0 Å². The molecule has 1 heterocycles. The second-order valence-corrected chi connectivity index (χ2v) is 6.23. The highest BCUT2D eigenvalue weighted by molar-refractivity contribution is 5.98. The SMILES string of the molecule is CCN(C(=O)[C@H](C)OC(=O)/C=C/c1ccc2c(c1)OCCO2)c1ccccc1. The van der Waals surface area contributed by atoms with Crippen molar-refractivity contribution in [3.63, 3.8) is 0 Å². The van der Waals surface area contributed by atoms with Crippen molar-refractivity contribution in [1.82, 2.24) is 0 Å². The molecule has 3 rings (SSSR count). The Balaban J connectivity index is 1.60. The number of esters is 1. The second kappa shape index (κ2) is 9.08. The van der Waals surface area contributed by atoms with Gasteiger partial charge in [0.15, 0.2) is 17.6 Å². The number of likely N-dealkylation sites (N-methyl/N-ethyl adjacent to an activating group) is 1. The molecule has 0 fully saturated rings. The lowest BCUT2D eigenvalue weighted by Gasteiger charge is -2.24. The normalized spacial score (nSPS) is 13.8. The standard InChI is InChI=1S/C22H23NO5/c1-3-23(18-7-5-4-6-8-18)22(25)16(2)28-21(24)12-10-17-9-11-19-20(15-17)27-14-13-26-19/h4-12,15-16H,3,13-14H2,1-2H3/b12-10+/t16-/m0/s1. The Labute approximate surface area is 164 Å². The molecule has 1 aliphatic rings. The molecule has 1 aliphatic heterocycles. The van der Waals surface area contributed by atoms with Crippen molar-refractivity contribution >= 4 is 23.6 Å². The Bertz CT molecular complexity index is 862. The Kier molecular flexibility index (Phi) is 6.32. The minimum atomic E-state index is -0.891. The molecule has 28 heavy (non-hydrogen) atoms. The van der Waals surface area contributed by atoms with E-state index in [1.54, 1.807) is 30.0 Å². The van der Waals surface area contributed by atoms with Gasteiger partial charge in [-0.3, -0.25) is 4.79 Å². The fraction of sp³-hybridized carbons (Fsp3) is 0.273. The fourth-order valence-corrected chi connectivity index (χ4v) is 2.88. The van der Waals surface area contributed by atoms with Gasteiger partial charge in [-0.2, -0.15) is 0 Å². The van der Waals surface area contributed by atoms with E-state index >= 15 is 0 Å². The summed E-state index contributed by atoms with van der Waals surface area (Å²) in [5.41, 5.74) is 1.55. The first kappa shape index (κ1) is 19.5. The molecule has 0 saturated carbocycles. The zero-order valence-corrected chi connectivity index (χ0v) is 16.0. The maximum Gasteiger partial charge on any atom is 0.331 e. The molecular weight excluding hydrogens is 358 g/mol. The molecule has 2 aromatic rings. The lowest BCUT2D eigenvalue weighted by molar-refractivity contribution is -0.149. The molecule has 0 unspecified atom stereocenters. The third kappa shape index (κ3) is 4.71. The number of benzene rings is 2. The van der Waals surface area contributed by atoms with Gasteiger partial charge < -0.3 is 19.1 Å². The summed E-state index contributed by atoms with van der Waals surface area (Å²) in [6.07, 6.45) is 2.03. The predicted molar refractivity (Wildman–Crippen MR) is 106 cm³/mol. The molecule has 6 nitrogen and oxygen atoms in total. The minimum absolute atomic E-state index is 0.269. The summed E-state index contributed by atoms with van der Waals surface area (Å²) in [4.78, 5) is 26.4. The first-order valence-corrected chi connectivity index (χ1v) is 9.23. The Hall–Kier alpha value is -3.28. The molecule has 0 spiro atoms. The first-order chi connectivity index (χ1) is 13.6. The Morgan fingerprint density at radius 2 is 1.82 bits per heavy atom. The number of hydrogen-bond donors (Lipinski definition) is 0. The Morgan fingerprint density at radius 3 is 2.54 bits per heavy atom. The average Bonchev–Trinajstić information content (AvgIpc) is 2.73. The van der Waals surface area contributed by atoms with Gasteiger partial charge in [0.2, 0.25) is 0 Å². The van der Waals surface area contributed by atoms with Gasteiger partial charge in [0, 0.05) is 18.3 Å². The van der Waals surface area contributed by atoms with Crippen LogP contribution in [0.2, 0.25) is 0 Å². The van der Waals surface area contributed by atoms with Crippen LogP contribution in [0.5, 0.6) is 11.5 Å². The van der Waals surface area contributed by atoms with E-state index in [0.717, 1.165) is 11.3 Å². The van der Waals surface area contributed by atoms with Crippen LogP contribution in [-0.4, -0.2) is 37.7 Å². The van der Waals surface area contributed by atoms with Crippen LogP contribution in [0.25, 0.3) is 6.08 Å². The van der Waals surface area contributed by atoms with Gasteiger partial charge in [0.05, 0.1) is 0 Å². The van der Waals surface area contributed by atoms with Crippen LogP contribution in [0.1, 0.15) is 19.4 Å². The lowest BCUT2D eigenvalue weighted by atomic mass is 10.2. The summed E-state index contributed by atoms with van der Waals surface area (Å²) in [6, 6.07) is 14.7. The van der Waals surface area contributed by atoms with Gasteiger partial charge in [0.1, 0.15) is 13.2 Å². The van der Waals surface area contributed by atoms with E-state index in [1.165, 1.54) is 6.08 Å². The van der Waals surface area contributed by atoms with Crippen molar-refractivity contribution in [2.24, 2.45) is 0 Å². The average molecular weight is 381 g/mol. The number of carbonyl (C=O) groups is 2. The van der Waals surface area contributed by atoms with E-state index in [0.29, 0.717) is 31.3 Å². The van der Waals surface area contributed by atoms with Crippen LogP contribution < -0.4 is 14.4 Å². The largest absolute Gasteiger partial charge is 0.486 e. The van der Waals surface area contributed by atoms with Crippen LogP contribution in [-0.2, 0) is 14.3 Å². The topological polar surface area (TPSA) is 65.1 Å². The summed E-state index contributed by atoms with van der Waals surface area (Å²) in [5, 5.41) is 0. The van der Waals surface area contributed by atoms with E-state index in [1.807, 2.05) is 43.3 Å². The number of ether oxygens (including phenoxy) is 3. The number of amides is 1. The highest BCUT2D eigenvalue weighted by atomic mass is 16.6. The van der Waals surface area contributed by atoms with Crippen LogP contribution in [0.3, 0.4) is 0 Å². The van der Waals surface area contributed by atoms with E-state index in [2.05, 4.69) is 0 Å². The molecule has 6 heteroatoms. The number of fused-ring (bicyclic) bond motifs is 1. The smallest absolute Gasteiger partial charge is 0.331 e.